The zero-order valence-electron chi connectivity index (χ0n) is 10.3. The van der Waals surface area contributed by atoms with Gasteiger partial charge >= 0.3 is 101 Å². The van der Waals surface area contributed by atoms with Crippen LogP contribution in [-0.2, 0) is 37.2 Å². The average Bonchev–Trinajstić information content (AvgIpc) is 2.31. The Morgan fingerprint density at radius 1 is 1.19 bits per heavy atom. The minimum absolute atomic E-state index is 0.326. The molecule has 0 rings (SSSR count). The third-order valence-electron chi connectivity index (χ3n) is 2.11. The Hall–Kier alpha value is -0.196. The first-order chi connectivity index (χ1) is 7.64. The Bertz CT molecular complexity index is 217. The summed E-state index contributed by atoms with van der Waals surface area (Å²) in [5, 5.41) is 0. The Balaban J connectivity index is 3.83. The first-order valence-corrected chi connectivity index (χ1v) is 8.10. The molecule has 0 fully saturated rings. The van der Waals surface area contributed by atoms with Crippen molar-refractivity contribution in [1.29, 1.82) is 0 Å². The van der Waals surface area contributed by atoms with Crippen LogP contribution in [0, 0.1) is 0 Å². The first-order valence-electron chi connectivity index (χ1n) is 5.09. The molecule has 0 aliphatic carbocycles. The van der Waals surface area contributed by atoms with E-state index in [9.17, 15) is 4.79 Å². The van der Waals surface area contributed by atoms with Crippen LogP contribution < -0.4 is 0 Å². The van der Waals surface area contributed by atoms with E-state index in [0.717, 1.165) is 0 Å². The first kappa shape index (κ1) is 15.8. The molecule has 0 aromatic carbocycles. The normalized spacial score (nSPS) is 12.0. The molecule has 0 aliphatic rings. The molecule has 0 aromatic rings. The molecule has 0 amide bonds. The fourth-order valence-corrected chi connectivity index (χ4v) is 3.84. The average molecular weight is 268 g/mol. The summed E-state index contributed by atoms with van der Waals surface area (Å²) in [5.41, 5.74) is 0. The fourth-order valence-electron chi connectivity index (χ4n) is 1.20. The van der Waals surface area contributed by atoms with Gasteiger partial charge in [-0.3, -0.25) is 0 Å². The number of esters is 1. The number of carbonyl (C=O) groups excluding carboxylic acids is 1. The molecular weight excluding hydrogens is 248 g/mol. The molecule has 0 bridgehead atoms. The SMILES string of the molecule is CC=CC(=O)OCC[CH2][Ti]([O]C)([O]C)[O]C. The van der Waals surface area contributed by atoms with Crippen molar-refractivity contribution >= 4 is 5.97 Å². The van der Waals surface area contributed by atoms with E-state index >= 15 is 0 Å². The van der Waals surface area contributed by atoms with Crippen LogP contribution in [0.2, 0.25) is 4.73 Å². The summed E-state index contributed by atoms with van der Waals surface area (Å²) in [6.45, 7) is 2.12. The molecule has 0 heterocycles. The summed E-state index contributed by atoms with van der Waals surface area (Å²) in [5.74, 6) is -0.326. The number of hydrogen-bond donors (Lipinski definition) is 0. The maximum absolute atomic E-state index is 11.0. The van der Waals surface area contributed by atoms with Gasteiger partial charge in [-0.15, -0.1) is 0 Å². The van der Waals surface area contributed by atoms with E-state index in [0.29, 0.717) is 17.8 Å². The zero-order valence-corrected chi connectivity index (χ0v) is 11.9. The summed E-state index contributed by atoms with van der Waals surface area (Å²) in [7, 11) is 4.75. The molecule has 0 saturated heterocycles. The van der Waals surface area contributed by atoms with E-state index in [4.69, 9.17) is 14.7 Å². The molecule has 0 N–H and O–H groups in total. The van der Waals surface area contributed by atoms with Crippen molar-refractivity contribution in [2.45, 2.75) is 18.1 Å². The third-order valence-corrected chi connectivity index (χ3v) is 6.53. The van der Waals surface area contributed by atoms with E-state index in [1.807, 2.05) is 0 Å². The number of ether oxygens (including phenoxy) is 1. The second-order valence-corrected chi connectivity index (χ2v) is 7.89. The van der Waals surface area contributed by atoms with Gasteiger partial charge in [0.2, 0.25) is 0 Å². The minimum atomic E-state index is -3.03. The Morgan fingerprint density at radius 2 is 1.75 bits per heavy atom. The monoisotopic (exact) mass is 268 g/mol. The predicted octanol–water partition coefficient (Wildman–Crippen LogP) is 1.75. The topological polar surface area (TPSA) is 54.0 Å². The van der Waals surface area contributed by atoms with Gasteiger partial charge in [0.05, 0.1) is 0 Å². The molecule has 0 saturated carbocycles. The van der Waals surface area contributed by atoms with Crippen molar-refractivity contribution in [1.82, 2.24) is 0 Å². The van der Waals surface area contributed by atoms with Crippen LogP contribution in [-0.4, -0.2) is 33.9 Å². The van der Waals surface area contributed by atoms with E-state index in [1.54, 1.807) is 34.3 Å². The van der Waals surface area contributed by atoms with Gasteiger partial charge in [0.15, 0.2) is 0 Å². The number of carbonyl (C=O) groups is 1. The molecule has 0 aliphatic heterocycles. The quantitative estimate of drug-likeness (QED) is 0.290. The van der Waals surface area contributed by atoms with Crippen LogP contribution in [0.15, 0.2) is 12.2 Å². The van der Waals surface area contributed by atoms with E-state index in [1.165, 1.54) is 6.08 Å². The summed E-state index contributed by atoms with van der Waals surface area (Å²) in [6.07, 6.45) is 3.71. The van der Waals surface area contributed by atoms with Crippen LogP contribution in [0.3, 0.4) is 0 Å². The molecule has 16 heavy (non-hydrogen) atoms. The third kappa shape index (κ3) is 5.77. The van der Waals surface area contributed by atoms with Gasteiger partial charge in [0.1, 0.15) is 0 Å². The summed E-state index contributed by atoms with van der Waals surface area (Å²) < 4.78 is 21.5. The Morgan fingerprint density at radius 3 is 2.19 bits per heavy atom. The van der Waals surface area contributed by atoms with Gasteiger partial charge in [0.25, 0.3) is 0 Å². The second kappa shape index (κ2) is 8.90. The molecular formula is C10H20O5Ti. The van der Waals surface area contributed by atoms with Crippen LogP contribution in [0.4, 0.5) is 0 Å². The summed E-state index contributed by atoms with van der Waals surface area (Å²) in [6, 6.07) is 0. The van der Waals surface area contributed by atoms with Gasteiger partial charge in [-0.25, -0.2) is 0 Å². The molecule has 0 radical (unpaired) electrons. The Kier molecular flexibility index (Phi) is 8.79. The molecule has 94 valence electrons. The van der Waals surface area contributed by atoms with Crippen molar-refractivity contribution in [2.75, 3.05) is 27.9 Å². The second-order valence-electron chi connectivity index (χ2n) is 3.07. The zero-order chi connectivity index (χ0) is 12.4. The van der Waals surface area contributed by atoms with Crippen molar-refractivity contribution in [2.24, 2.45) is 0 Å². The van der Waals surface area contributed by atoms with Gasteiger partial charge in [-0.05, 0) is 0 Å². The predicted molar refractivity (Wildman–Crippen MR) is 56.2 cm³/mol. The summed E-state index contributed by atoms with van der Waals surface area (Å²) in [4.78, 5) is 11.0. The van der Waals surface area contributed by atoms with E-state index < -0.39 is 17.8 Å². The fraction of sp³-hybridized carbons (Fsp3) is 0.700. The van der Waals surface area contributed by atoms with E-state index in [-0.39, 0.29) is 5.97 Å². The van der Waals surface area contributed by atoms with E-state index in [2.05, 4.69) is 0 Å². The molecule has 5 nitrogen and oxygen atoms in total. The molecule has 0 spiro atoms. The van der Waals surface area contributed by atoms with Gasteiger partial charge in [-0.1, -0.05) is 0 Å². The van der Waals surface area contributed by atoms with Crippen molar-refractivity contribution in [3.63, 3.8) is 0 Å². The summed E-state index contributed by atoms with van der Waals surface area (Å²) >= 11 is -3.03. The van der Waals surface area contributed by atoms with Crippen LogP contribution in [0.1, 0.15) is 13.3 Å². The standard InChI is InChI=1S/C7H11O2.3CH3O.Ti/c1-3-5-7(8)9-6-4-2;3*1-2;/h3,5H,2,4,6H2,1H3;3*1H3;/q;3*-1;+3. The van der Waals surface area contributed by atoms with Gasteiger partial charge < -0.3 is 0 Å². The van der Waals surface area contributed by atoms with Gasteiger partial charge in [0, 0.05) is 0 Å². The maximum atomic E-state index is 11.0. The molecule has 0 aromatic heterocycles. The Labute approximate surface area is 101 Å². The van der Waals surface area contributed by atoms with Crippen molar-refractivity contribution in [3.8, 4) is 0 Å². The van der Waals surface area contributed by atoms with Gasteiger partial charge in [-0.2, -0.15) is 0 Å². The van der Waals surface area contributed by atoms with Crippen molar-refractivity contribution < 1.29 is 37.2 Å². The van der Waals surface area contributed by atoms with Crippen LogP contribution >= 0.6 is 0 Å². The van der Waals surface area contributed by atoms with Crippen LogP contribution in [0.25, 0.3) is 0 Å². The van der Waals surface area contributed by atoms with Crippen LogP contribution in [0.5, 0.6) is 0 Å². The molecule has 0 unspecified atom stereocenters. The molecule has 6 heteroatoms. The number of allylic oxidation sites excluding steroid dienone is 1. The number of hydrogen-bond acceptors (Lipinski definition) is 5. The molecule has 0 atom stereocenters. The number of rotatable bonds is 8. The van der Waals surface area contributed by atoms with Crippen molar-refractivity contribution in [3.05, 3.63) is 12.2 Å².